The highest BCUT2D eigenvalue weighted by atomic mass is 16.5. The third-order valence-electron chi connectivity index (χ3n) is 4.26. The minimum Gasteiger partial charge on any atom is -0.371 e. The summed E-state index contributed by atoms with van der Waals surface area (Å²) in [5.74, 6) is 0. The van der Waals surface area contributed by atoms with Gasteiger partial charge in [0.05, 0.1) is 12.2 Å². The third-order valence-corrected chi connectivity index (χ3v) is 4.26. The molecule has 4 heteroatoms. The monoisotopic (exact) mass is 380 g/mol. The number of hydrogen-bond acceptors (Lipinski definition) is 2. The molecule has 2 aromatic carbocycles. The first kappa shape index (κ1) is 21.7. The van der Waals surface area contributed by atoms with Crippen LogP contribution in [0.5, 0.6) is 0 Å². The fourth-order valence-electron chi connectivity index (χ4n) is 2.76. The molecule has 0 fully saturated rings. The zero-order chi connectivity index (χ0) is 20.4. The number of nitrogens with one attached hydrogen (secondary N) is 1. The van der Waals surface area contributed by atoms with Crippen molar-refractivity contribution >= 4 is 6.03 Å². The third kappa shape index (κ3) is 7.97. The molecule has 0 saturated carbocycles. The van der Waals surface area contributed by atoms with E-state index >= 15 is 0 Å². The number of amides is 2. The average molecular weight is 381 g/mol. The number of hydrogen-bond donors (Lipinski definition) is 1. The number of carbonyl (C=O) groups excluding carboxylic acids is 1. The maximum absolute atomic E-state index is 12.6. The van der Waals surface area contributed by atoms with Crippen LogP contribution in [0.2, 0.25) is 0 Å². The summed E-state index contributed by atoms with van der Waals surface area (Å²) in [6.45, 7) is 12.1. The molecule has 0 heterocycles. The molecule has 150 valence electrons. The molecule has 0 aromatic heterocycles. The predicted octanol–water partition coefficient (Wildman–Crippen LogP) is 4.94. The lowest BCUT2D eigenvalue weighted by Crippen LogP contribution is -2.40. The summed E-state index contributed by atoms with van der Waals surface area (Å²) in [5.41, 5.74) is 3.21. The Morgan fingerprint density at radius 2 is 1.75 bits per heavy atom. The van der Waals surface area contributed by atoms with Gasteiger partial charge in [0, 0.05) is 19.6 Å². The van der Waals surface area contributed by atoms with Crippen molar-refractivity contribution in [3.63, 3.8) is 0 Å². The van der Waals surface area contributed by atoms with E-state index < -0.39 is 0 Å². The van der Waals surface area contributed by atoms with E-state index in [0.717, 1.165) is 17.5 Å². The second kappa shape index (κ2) is 10.7. The first-order valence-corrected chi connectivity index (χ1v) is 9.77. The van der Waals surface area contributed by atoms with Crippen LogP contribution < -0.4 is 5.32 Å². The van der Waals surface area contributed by atoms with Gasteiger partial charge in [0.2, 0.25) is 0 Å². The van der Waals surface area contributed by atoms with Gasteiger partial charge in [0.25, 0.3) is 0 Å². The Kier molecular flexibility index (Phi) is 8.27. The maximum atomic E-state index is 12.6. The lowest BCUT2D eigenvalue weighted by Gasteiger charge is -2.22. The van der Waals surface area contributed by atoms with Crippen molar-refractivity contribution in [2.24, 2.45) is 0 Å². The summed E-state index contributed by atoms with van der Waals surface area (Å²) in [6, 6.07) is 18.2. The maximum Gasteiger partial charge on any atom is 0.317 e. The minimum absolute atomic E-state index is 0.0767. The van der Waals surface area contributed by atoms with Crippen molar-refractivity contribution in [2.75, 3.05) is 13.1 Å². The molecule has 2 aromatic rings. The van der Waals surface area contributed by atoms with E-state index in [0.29, 0.717) is 26.2 Å². The van der Waals surface area contributed by atoms with E-state index in [4.69, 9.17) is 4.74 Å². The van der Waals surface area contributed by atoms with Gasteiger partial charge in [-0.1, -0.05) is 60.7 Å². The number of rotatable bonds is 9. The number of urea groups is 1. The van der Waals surface area contributed by atoms with Crippen molar-refractivity contribution in [1.29, 1.82) is 0 Å². The molecule has 2 amide bonds. The normalized spacial score (nSPS) is 11.1. The second-order valence-electron chi connectivity index (χ2n) is 7.85. The van der Waals surface area contributed by atoms with Crippen molar-refractivity contribution in [2.45, 2.75) is 45.9 Å². The van der Waals surface area contributed by atoms with Crippen molar-refractivity contribution in [1.82, 2.24) is 10.2 Å². The molecule has 0 aliphatic heterocycles. The van der Waals surface area contributed by atoms with Gasteiger partial charge < -0.3 is 15.0 Å². The van der Waals surface area contributed by atoms with Crippen molar-refractivity contribution in [3.05, 3.63) is 83.9 Å². The van der Waals surface area contributed by atoms with E-state index in [9.17, 15) is 4.79 Å². The van der Waals surface area contributed by atoms with Crippen LogP contribution in [0.4, 0.5) is 4.79 Å². The Morgan fingerprint density at radius 3 is 2.43 bits per heavy atom. The molecule has 0 aliphatic rings. The standard InChI is InChI=1S/C24H32N2O2/c1-5-15-26(16-14-20-10-7-6-8-11-20)23(27)25-18-21-12-9-13-22(17-21)19-28-24(2,3)4/h5-13,17H,1,14-16,18-19H2,2-4H3,(H,25,27). The average Bonchev–Trinajstić information content (AvgIpc) is 2.68. The van der Waals surface area contributed by atoms with Gasteiger partial charge in [0.15, 0.2) is 0 Å². The van der Waals surface area contributed by atoms with Crippen LogP contribution >= 0.6 is 0 Å². The van der Waals surface area contributed by atoms with Gasteiger partial charge in [-0.25, -0.2) is 4.79 Å². The number of carbonyl (C=O) groups is 1. The fraction of sp³-hybridized carbons (Fsp3) is 0.375. The van der Waals surface area contributed by atoms with Crippen LogP contribution in [0.3, 0.4) is 0 Å². The molecule has 0 spiro atoms. The summed E-state index contributed by atoms with van der Waals surface area (Å²) in [7, 11) is 0. The lowest BCUT2D eigenvalue weighted by atomic mass is 10.1. The zero-order valence-electron chi connectivity index (χ0n) is 17.3. The molecule has 0 aliphatic carbocycles. The van der Waals surface area contributed by atoms with Crippen LogP contribution in [0, 0.1) is 0 Å². The lowest BCUT2D eigenvalue weighted by molar-refractivity contribution is -0.0149. The Bertz CT molecular complexity index is 751. The van der Waals surface area contributed by atoms with Crippen LogP contribution in [0.1, 0.15) is 37.5 Å². The van der Waals surface area contributed by atoms with Crippen LogP contribution in [0.25, 0.3) is 0 Å². The van der Waals surface area contributed by atoms with E-state index in [1.165, 1.54) is 5.56 Å². The van der Waals surface area contributed by atoms with Gasteiger partial charge in [-0.2, -0.15) is 0 Å². The van der Waals surface area contributed by atoms with Crippen LogP contribution in [-0.4, -0.2) is 29.6 Å². The molecular weight excluding hydrogens is 348 g/mol. The number of benzene rings is 2. The van der Waals surface area contributed by atoms with Crippen molar-refractivity contribution < 1.29 is 9.53 Å². The number of ether oxygens (including phenoxy) is 1. The molecule has 28 heavy (non-hydrogen) atoms. The molecule has 2 rings (SSSR count). The molecule has 4 nitrogen and oxygen atoms in total. The van der Waals surface area contributed by atoms with E-state index in [-0.39, 0.29) is 11.6 Å². The van der Waals surface area contributed by atoms with E-state index in [1.54, 1.807) is 11.0 Å². The zero-order valence-corrected chi connectivity index (χ0v) is 17.3. The second-order valence-corrected chi connectivity index (χ2v) is 7.85. The van der Waals surface area contributed by atoms with Crippen molar-refractivity contribution in [3.8, 4) is 0 Å². The number of nitrogens with zero attached hydrogens (tertiary/aromatic N) is 1. The highest BCUT2D eigenvalue weighted by Crippen LogP contribution is 2.13. The first-order valence-electron chi connectivity index (χ1n) is 9.77. The Balaban J connectivity index is 1.88. The predicted molar refractivity (Wildman–Crippen MR) is 115 cm³/mol. The van der Waals surface area contributed by atoms with E-state index in [2.05, 4.69) is 30.1 Å². The molecular formula is C24H32N2O2. The Morgan fingerprint density at radius 1 is 1.07 bits per heavy atom. The minimum atomic E-state index is -0.172. The van der Waals surface area contributed by atoms with E-state index in [1.807, 2.05) is 57.2 Å². The summed E-state index contributed by atoms with van der Waals surface area (Å²) >= 11 is 0. The van der Waals surface area contributed by atoms with Gasteiger partial charge in [-0.15, -0.1) is 6.58 Å². The van der Waals surface area contributed by atoms with Gasteiger partial charge >= 0.3 is 6.03 Å². The summed E-state index contributed by atoms with van der Waals surface area (Å²) in [5, 5.41) is 3.02. The highest BCUT2D eigenvalue weighted by molar-refractivity contribution is 5.74. The molecule has 1 N–H and O–H groups in total. The summed E-state index contributed by atoms with van der Waals surface area (Å²) in [4.78, 5) is 14.4. The highest BCUT2D eigenvalue weighted by Gasteiger charge is 2.13. The molecule has 0 radical (unpaired) electrons. The van der Waals surface area contributed by atoms with Crippen LogP contribution in [0.15, 0.2) is 67.3 Å². The molecule has 0 atom stereocenters. The SMILES string of the molecule is C=CCN(CCc1ccccc1)C(=O)NCc1cccc(COC(C)(C)C)c1. The summed E-state index contributed by atoms with van der Waals surface area (Å²) in [6.07, 6.45) is 2.58. The Hall–Kier alpha value is -2.59. The summed E-state index contributed by atoms with van der Waals surface area (Å²) < 4.78 is 5.83. The Labute approximate surface area is 169 Å². The molecule has 0 saturated heterocycles. The smallest absolute Gasteiger partial charge is 0.317 e. The fourth-order valence-corrected chi connectivity index (χ4v) is 2.76. The van der Waals surface area contributed by atoms with Gasteiger partial charge in [-0.3, -0.25) is 0 Å². The van der Waals surface area contributed by atoms with Crippen LogP contribution in [-0.2, 0) is 24.3 Å². The quantitative estimate of drug-likeness (QED) is 0.626. The largest absolute Gasteiger partial charge is 0.371 e. The topological polar surface area (TPSA) is 41.6 Å². The first-order chi connectivity index (χ1) is 13.4. The van der Waals surface area contributed by atoms with Gasteiger partial charge in [-0.05, 0) is 43.9 Å². The molecule has 0 unspecified atom stereocenters. The molecule has 0 bridgehead atoms. The van der Waals surface area contributed by atoms with Gasteiger partial charge in [0.1, 0.15) is 0 Å².